The van der Waals surface area contributed by atoms with Crippen LogP contribution < -0.4 is 0 Å². The normalized spacial score (nSPS) is 16.8. The maximum atomic E-state index is 2.78. The monoisotopic (exact) mass is 341 g/mol. The molecular formula is C15H32InN. The van der Waals surface area contributed by atoms with Crippen LogP contribution in [-0.2, 0) is 0 Å². The summed E-state index contributed by atoms with van der Waals surface area (Å²) >= 11 is -0.979. The average Bonchev–Trinajstić information content (AvgIpc) is 2.39. The van der Waals surface area contributed by atoms with Crippen molar-refractivity contribution < 1.29 is 0 Å². The van der Waals surface area contributed by atoms with E-state index in [9.17, 15) is 0 Å². The molecule has 0 aliphatic carbocycles. The third-order valence-corrected chi connectivity index (χ3v) is 14.3. The molecule has 1 heterocycles. The van der Waals surface area contributed by atoms with Crippen LogP contribution in [0.1, 0.15) is 58.8 Å². The van der Waals surface area contributed by atoms with Gasteiger partial charge in [0.25, 0.3) is 0 Å². The van der Waals surface area contributed by atoms with Crippen molar-refractivity contribution in [3.8, 4) is 0 Å². The molecule has 0 N–H and O–H groups in total. The fraction of sp³-hybridized carbons (Fsp3) is 1.00. The van der Waals surface area contributed by atoms with Crippen LogP contribution in [0.5, 0.6) is 0 Å². The van der Waals surface area contributed by atoms with E-state index in [2.05, 4.69) is 18.7 Å². The summed E-state index contributed by atoms with van der Waals surface area (Å²) in [7, 11) is 0. The van der Waals surface area contributed by atoms with E-state index in [1.54, 1.807) is 31.8 Å². The summed E-state index contributed by atoms with van der Waals surface area (Å²) in [5.74, 6) is 0. The Bertz CT molecular complexity index is 158. The van der Waals surface area contributed by atoms with Crippen LogP contribution in [0.15, 0.2) is 0 Å². The number of nitrogens with zero attached hydrogens (tertiary/aromatic N) is 1. The van der Waals surface area contributed by atoms with E-state index in [0.717, 1.165) is 0 Å². The van der Waals surface area contributed by atoms with Gasteiger partial charge in [-0.3, -0.25) is 0 Å². The second kappa shape index (κ2) is 10.7. The van der Waals surface area contributed by atoms with Crippen LogP contribution in [-0.4, -0.2) is 46.0 Å². The molecule has 0 radical (unpaired) electrons. The molecule has 0 spiro atoms. The van der Waals surface area contributed by atoms with Crippen LogP contribution >= 0.6 is 0 Å². The van der Waals surface area contributed by atoms with Gasteiger partial charge in [-0.2, -0.15) is 0 Å². The fourth-order valence-corrected chi connectivity index (χ4v) is 12.4. The van der Waals surface area contributed by atoms with Crippen molar-refractivity contribution in [2.24, 2.45) is 0 Å². The molecule has 1 aliphatic heterocycles. The molecule has 1 saturated heterocycles. The van der Waals surface area contributed by atoms with Gasteiger partial charge in [0.05, 0.1) is 0 Å². The SMILES string of the molecule is CCCCN(CCCC)C[CH2][In]1[CH2]CCC[CH2]1. The first-order valence-electron chi connectivity index (χ1n) is 8.09. The predicted molar refractivity (Wildman–Crippen MR) is 80.3 cm³/mol. The van der Waals surface area contributed by atoms with Gasteiger partial charge in [0.2, 0.25) is 0 Å². The van der Waals surface area contributed by atoms with Crippen molar-refractivity contribution in [3.63, 3.8) is 0 Å². The summed E-state index contributed by atoms with van der Waals surface area (Å²) in [5, 5.41) is 0. The predicted octanol–water partition coefficient (Wildman–Crippen LogP) is 4.57. The quantitative estimate of drug-likeness (QED) is 0.594. The Morgan fingerprint density at radius 2 is 1.41 bits per heavy atom. The van der Waals surface area contributed by atoms with Crippen molar-refractivity contribution in [2.75, 3.05) is 19.6 Å². The summed E-state index contributed by atoms with van der Waals surface area (Å²) < 4.78 is 5.11. The van der Waals surface area contributed by atoms with Gasteiger partial charge in [0, 0.05) is 0 Å². The molecule has 1 nitrogen and oxygen atoms in total. The Balaban J connectivity index is 2.16. The van der Waals surface area contributed by atoms with E-state index < -0.39 is 21.4 Å². The summed E-state index contributed by atoms with van der Waals surface area (Å²) in [6, 6.07) is 0. The van der Waals surface area contributed by atoms with Crippen LogP contribution in [0, 0.1) is 0 Å². The molecular weight excluding hydrogens is 309 g/mol. The molecule has 0 amide bonds. The molecule has 2 heteroatoms. The Hall–Kier alpha value is 0.830. The first-order valence-corrected chi connectivity index (χ1v) is 15.1. The van der Waals surface area contributed by atoms with Gasteiger partial charge in [0.1, 0.15) is 0 Å². The van der Waals surface area contributed by atoms with Gasteiger partial charge >= 0.3 is 117 Å². The van der Waals surface area contributed by atoms with Gasteiger partial charge in [-0.15, -0.1) is 0 Å². The Morgan fingerprint density at radius 1 is 0.824 bits per heavy atom. The van der Waals surface area contributed by atoms with Crippen LogP contribution in [0.25, 0.3) is 0 Å². The second-order valence-corrected chi connectivity index (χ2v) is 15.7. The van der Waals surface area contributed by atoms with E-state index in [1.807, 2.05) is 0 Å². The summed E-state index contributed by atoms with van der Waals surface area (Å²) in [4.78, 5) is 2.78. The topological polar surface area (TPSA) is 3.24 Å². The average molecular weight is 341 g/mol. The molecule has 1 rings (SSSR count). The first-order chi connectivity index (χ1) is 8.36. The fourth-order valence-electron chi connectivity index (χ4n) is 2.94. The van der Waals surface area contributed by atoms with E-state index in [0.29, 0.717) is 0 Å². The molecule has 0 aromatic carbocycles. The van der Waals surface area contributed by atoms with Gasteiger partial charge in [-0.1, -0.05) is 0 Å². The summed E-state index contributed by atoms with van der Waals surface area (Å²) in [6.07, 6.45) is 10.2. The molecule has 0 aromatic rings. The van der Waals surface area contributed by atoms with Crippen molar-refractivity contribution in [3.05, 3.63) is 0 Å². The van der Waals surface area contributed by atoms with Crippen molar-refractivity contribution >= 4 is 21.4 Å². The minimum absolute atomic E-state index is 0.979. The van der Waals surface area contributed by atoms with Crippen molar-refractivity contribution in [2.45, 2.75) is 71.3 Å². The molecule has 0 bridgehead atoms. The van der Waals surface area contributed by atoms with E-state index in [4.69, 9.17) is 0 Å². The number of rotatable bonds is 9. The zero-order chi connectivity index (χ0) is 12.3. The van der Waals surface area contributed by atoms with Gasteiger partial charge in [-0.25, -0.2) is 0 Å². The van der Waals surface area contributed by atoms with Crippen LogP contribution in [0.4, 0.5) is 0 Å². The van der Waals surface area contributed by atoms with E-state index >= 15 is 0 Å². The Morgan fingerprint density at radius 3 is 1.94 bits per heavy atom. The molecule has 0 aromatic heterocycles. The van der Waals surface area contributed by atoms with E-state index in [-0.39, 0.29) is 0 Å². The number of hydrogen-bond donors (Lipinski definition) is 0. The minimum atomic E-state index is -0.979. The molecule has 100 valence electrons. The van der Waals surface area contributed by atoms with E-state index in [1.165, 1.54) is 45.3 Å². The third kappa shape index (κ3) is 7.77. The Kier molecular flexibility index (Phi) is 10.0. The summed E-state index contributed by atoms with van der Waals surface area (Å²) in [5.41, 5.74) is 0. The maximum absolute atomic E-state index is 2.78. The second-order valence-electron chi connectivity index (χ2n) is 5.84. The molecule has 0 unspecified atom stereocenters. The number of hydrogen-bond acceptors (Lipinski definition) is 1. The van der Waals surface area contributed by atoms with Crippen molar-refractivity contribution in [1.82, 2.24) is 4.90 Å². The third-order valence-electron chi connectivity index (χ3n) is 4.23. The zero-order valence-electron chi connectivity index (χ0n) is 12.2. The van der Waals surface area contributed by atoms with Crippen LogP contribution in [0.3, 0.4) is 0 Å². The first kappa shape index (κ1) is 15.9. The van der Waals surface area contributed by atoms with Crippen LogP contribution in [0.2, 0.25) is 12.5 Å². The Labute approximate surface area is 117 Å². The molecule has 1 fully saturated rings. The molecule has 0 atom stereocenters. The van der Waals surface area contributed by atoms with Gasteiger partial charge < -0.3 is 0 Å². The zero-order valence-corrected chi connectivity index (χ0v) is 15.5. The molecule has 1 aliphatic rings. The summed E-state index contributed by atoms with van der Waals surface area (Å²) in [6.45, 7) is 8.83. The number of unbranched alkanes of at least 4 members (excludes halogenated alkanes) is 2. The van der Waals surface area contributed by atoms with Gasteiger partial charge in [-0.05, 0) is 0 Å². The molecule has 17 heavy (non-hydrogen) atoms. The standard InChI is InChI=1S/C10H22N.C5H10.In/c1-4-7-9-11(6-3)10-8-5-2;1-3-5-4-2;/h3-10H2,1-2H3;1-5H2;. The van der Waals surface area contributed by atoms with Crippen molar-refractivity contribution in [1.29, 1.82) is 0 Å². The molecule has 0 saturated carbocycles. The van der Waals surface area contributed by atoms with Gasteiger partial charge in [0.15, 0.2) is 0 Å².